The van der Waals surface area contributed by atoms with E-state index >= 15 is 0 Å². The Morgan fingerprint density at radius 3 is 2.58 bits per heavy atom. The molecule has 0 fully saturated rings. The van der Waals surface area contributed by atoms with E-state index in [9.17, 15) is 4.39 Å². The molecule has 1 atom stereocenters. The first-order chi connectivity index (χ1) is 9.31. The molecule has 0 saturated carbocycles. The molecule has 2 rings (SSSR count). The van der Waals surface area contributed by atoms with Crippen molar-refractivity contribution < 1.29 is 4.39 Å². The van der Waals surface area contributed by atoms with E-state index in [0.717, 1.165) is 19.4 Å². The van der Waals surface area contributed by atoms with Gasteiger partial charge in [0.2, 0.25) is 0 Å². The van der Waals surface area contributed by atoms with Gasteiger partial charge in [0.15, 0.2) is 0 Å². The van der Waals surface area contributed by atoms with Crippen molar-refractivity contribution in [2.75, 3.05) is 6.54 Å². The lowest BCUT2D eigenvalue weighted by Gasteiger charge is -2.18. The summed E-state index contributed by atoms with van der Waals surface area (Å²) in [4.78, 5) is 7.79. The fourth-order valence-electron chi connectivity index (χ4n) is 2.14. The van der Waals surface area contributed by atoms with Gasteiger partial charge in [0.25, 0.3) is 0 Å². The van der Waals surface area contributed by atoms with Gasteiger partial charge >= 0.3 is 0 Å². The number of hydrogen-bond acceptors (Lipinski definition) is 3. The Balaban J connectivity index is 2.07. The Labute approximate surface area is 112 Å². The van der Waals surface area contributed by atoms with Crippen LogP contribution in [-0.4, -0.2) is 16.5 Å². The smallest absolute Gasteiger partial charge is 0.146 e. The Morgan fingerprint density at radius 1 is 1.16 bits per heavy atom. The molecule has 0 aliphatic heterocycles. The number of hydrogen-bond donors (Lipinski definition) is 1. The van der Waals surface area contributed by atoms with E-state index in [0.29, 0.717) is 5.56 Å². The fourth-order valence-corrected chi connectivity index (χ4v) is 2.14. The van der Waals surface area contributed by atoms with Crippen LogP contribution in [0.5, 0.6) is 0 Å². The van der Waals surface area contributed by atoms with Crippen molar-refractivity contribution in [1.29, 1.82) is 0 Å². The van der Waals surface area contributed by atoms with Gasteiger partial charge < -0.3 is 5.32 Å². The summed E-state index contributed by atoms with van der Waals surface area (Å²) >= 11 is 0. The van der Waals surface area contributed by atoms with Crippen LogP contribution < -0.4 is 5.32 Å². The second-order valence-corrected chi connectivity index (χ2v) is 4.40. The molecule has 2 heterocycles. The van der Waals surface area contributed by atoms with Crippen LogP contribution in [0.4, 0.5) is 4.39 Å². The maximum absolute atomic E-state index is 13.8. The molecule has 100 valence electrons. The molecule has 0 radical (unpaired) electrons. The van der Waals surface area contributed by atoms with Crippen molar-refractivity contribution in [3.8, 4) is 0 Å². The van der Waals surface area contributed by atoms with E-state index in [1.165, 1.54) is 11.8 Å². The molecular weight excluding hydrogens is 241 g/mol. The first kappa shape index (κ1) is 13.6. The van der Waals surface area contributed by atoms with Crippen LogP contribution in [0.1, 0.15) is 30.5 Å². The topological polar surface area (TPSA) is 37.8 Å². The molecule has 1 unspecified atom stereocenters. The van der Waals surface area contributed by atoms with Crippen LogP contribution in [0.2, 0.25) is 0 Å². The first-order valence-corrected chi connectivity index (χ1v) is 6.53. The Kier molecular flexibility index (Phi) is 4.98. The Hall–Kier alpha value is -1.81. The van der Waals surface area contributed by atoms with Crippen molar-refractivity contribution >= 4 is 0 Å². The van der Waals surface area contributed by atoms with Gasteiger partial charge in [-0.2, -0.15) is 0 Å². The molecule has 0 aliphatic rings. The molecule has 0 spiro atoms. The van der Waals surface area contributed by atoms with Gasteiger partial charge in [0.05, 0.1) is 6.20 Å². The zero-order valence-corrected chi connectivity index (χ0v) is 11.0. The molecule has 2 aromatic heterocycles. The molecule has 1 N–H and O–H groups in total. The summed E-state index contributed by atoms with van der Waals surface area (Å²) in [6.07, 6.45) is 8.21. The minimum absolute atomic E-state index is 0.0150. The predicted molar refractivity (Wildman–Crippen MR) is 73.2 cm³/mol. The maximum atomic E-state index is 13.8. The summed E-state index contributed by atoms with van der Waals surface area (Å²) < 4.78 is 13.8. The van der Waals surface area contributed by atoms with Gasteiger partial charge in [0, 0.05) is 30.2 Å². The molecule has 19 heavy (non-hydrogen) atoms. The molecular formula is C15H18FN3. The SMILES string of the molecule is CCNC(CCc1ccncc1)c1ccncc1F. The van der Waals surface area contributed by atoms with Gasteiger partial charge in [-0.1, -0.05) is 6.92 Å². The number of pyridine rings is 2. The van der Waals surface area contributed by atoms with E-state index in [4.69, 9.17) is 0 Å². The van der Waals surface area contributed by atoms with Crippen LogP contribution in [0.3, 0.4) is 0 Å². The molecule has 0 amide bonds. The summed E-state index contributed by atoms with van der Waals surface area (Å²) in [7, 11) is 0. The molecule has 0 saturated heterocycles. The number of aromatic nitrogens is 2. The highest BCUT2D eigenvalue weighted by atomic mass is 19.1. The molecule has 4 heteroatoms. The summed E-state index contributed by atoms with van der Waals surface area (Å²) in [5.41, 5.74) is 1.90. The second kappa shape index (κ2) is 6.95. The summed E-state index contributed by atoms with van der Waals surface area (Å²) in [5.74, 6) is -0.247. The normalized spacial score (nSPS) is 12.3. The molecule has 2 aromatic rings. The average Bonchev–Trinajstić information content (AvgIpc) is 2.45. The molecule has 0 bridgehead atoms. The van der Waals surface area contributed by atoms with E-state index in [-0.39, 0.29) is 11.9 Å². The highest BCUT2D eigenvalue weighted by molar-refractivity contribution is 5.18. The number of nitrogens with zero attached hydrogens (tertiary/aromatic N) is 2. The maximum Gasteiger partial charge on any atom is 0.146 e. The lowest BCUT2D eigenvalue weighted by atomic mass is 10.00. The molecule has 0 aliphatic carbocycles. The van der Waals surface area contributed by atoms with E-state index in [2.05, 4.69) is 15.3 Å². The lowest BCUT2D eigenvalue weighted by molar-refractivity contribution is 0.483. The van der Waals surface area contributed by atoms with Gasteiger partial charge in [-0.3, -0.25) is 9.97 Å². The highest BCUT2D eigenvalue weighted by Gasteiger charge is 2.14. The third kappa shape index (κ3) is 3.83. The van der Waals surface area contributed by atoms with Crippen molar-refractivity contribution in [3.05, 3.63) is 59.9 Å². The van der Waals surface area contributed by atoms with Crippen molar-refractivity contribution in [3.63, 3.8) is 0 Å². The monoisotopic (exact) mass is 259 g/mol. The third-order valence-electron chi connectivity index (χ3n) is 3.10. The van der Waals surface area contributed by atoms with Gasteiger partial charge in [-0.25, -0.2) is 4.39 Å². The molecule has 0 aromatic carbocycles. The van der Waals surface area contributed by atoms with Gasteiger partial charge in [-0.05, 0) is 43.1 Å². The summed E-state index contributed by atoms with van der Waals surface area (Å²) in [6, 6.07) is 5.74. The van der Waals surface area contributed by atoms with E-state index < -0.39 is 0 Å². The van der Waals surface area contributed by atoms with Crippen LogP contribution in [-0.2, 0) is 6.42 Å². The molecule has 3 nitrogen and oxygen atoms in total. The van der Waals surface area contributed by atoms with E-state index in [1.807, 2.05) is 19.1 Å². The summed E-state index contributed by atoms with van der Waals surface area (Å²) in [5, 5.41) is 3.33. The Bertz CT molecular complexity index is 502. The van der Waals surface area contributed by atoms with Crippen molar-refractivity contribution in [2.45, 2.75) is 25.8 Å². The van der Waals surface area contributed by atoms with Crippen LogP contribution >= 0.6 is 0 Å². The van der Waals surface area contributed by atoms with Gasteiger partial charge in [-0.15, -0.1) is 0 Å². The number of aryl methyl sites for hydroxylation is 1. The van der Waals surface area contributed by atoms with Crippen molar-refractivity contribution in [1.82, 2.24) is 15.3 Å². The van der Waals surface area contributed by atoms with E-state index in [1.54, 1.807) is 24.7 Å². The zero-order chi connectivity index (χ0) is 13.5. The number of nitrogens with one attached hydrogen (secondary N) is 1. The third-order valence-corrected chi connectivity index (χ3v) is 3.10. The standard InChI is InChI=1S/C15H18FN3/c1-2-19-15(13-7-10-18-11-14(13)16)4-3-12-5-8-17-9-6-12/h5-11,15,19H,2-4H2,1H3. The van der Waals surface area contributed by atoms with Gasteiger partial charge in [0.1, 0.15) is 5.82 Å². The highest BCUT2D eigenvalue weighted by Crippen LogP contribution is 2.21. The summed E-state index contributed by atoms with van der Waals surface area (Å²) in [6.45, 7) is 2.83. The quantitative estimate of drug-likeness (QED) is 0.866. The number of rotatable bonds is 6. The predicted octanol–water partition coefficient (Wildman–Crippen LogP) is 2.90. The minimum Gasteiger partial charge on any atom is -0.310 e. The van der Waals surface area contributed by atoms with Crippen LogP contribution in [0, 0.1) is 5.82 Å². The second-order valence-electron chi connectivity index (χ2n) is 4.40. The lowest BCUT2D eigenvalue weighted by Crippen LogP contribution is -2.22. The van der Waals surface area contributed by atoms with Crippen molar-refractivity contribution in [2.24, 2.45) is 0 Å². The fraction of sp³-hybridized carbons (Fsp3) is 0.333. The first-order valence-electron chi connectivity index (χ1n) is 6.53. The minimum atomic E-state index is -0.247. The van der Waals surface area contributed by atoms with Crippen LogP contribution in [0.25, 0.3) is 0 Å². The number of halogens is 1. The van der Waals surface area contributed by atoms with Crippen LogP contribution in [0.15, 0.2) is 43.0 Å². The Morgan fingerprint density at radius 2 is 1.89 bits per heavy atom. The zero-order valence-electron chi connectivity index (χ0n) is 11.0. The largest absolute Gasteiger partial charge is 0.310 e. The average molecular weight is 259 g/mol.